The van der Waals surface area contributed by atoms with Crippen LogP contribution in [0.5, 0.6) is 5.75 Å². The predicted molar refractivity (Wildman–Crippen MR) is 122 cm³/mol. The van der Waals surface area contributed by atoms with Gasteiger partial charge in [-0.15, -0.1) is 0 Å². The van der Waals surface area contributed by atoms with E-state index in [2.05, 4.69) is 37.1 Å². The van der Waals surface area contributed by atoms with Gasteiger partial charge in [0.2, 0.25) is 0 Å². The standard InChI is InChI=1S/C23H27N3O2S/c1-22(2)16-23(13-14-28-22)20(24-17-9-6-5-7-10-17)25-21(29-4)26(23)18-11-8-12-19(15-18)27-3/h5-12,15H,13-14,16H2,1-4H3/t23-/m1/s1. The molecule has 4 rings (SSSR count). The highest BCUT2D eigenvalue weighted by molar-refractivity contribution is 8.13. The summed E-state index contributed by atoms with van der Waals surface area (Å²) in [5.41, 5.74) is 1.36. The molecule has 0 radical (unpaired) electrons. The van der Waals surface area contributed by atoms with E-state index in [1.807, 2.05) is 42.5 Å². The minimum absolute atomic E-state index is 0.268. The van der Waals surface area contributed by atoms with E-state index in [0.717, 1.165) is 41.0 Å². The summed E-state index contributed by atoms with van der Waals surface area (Å²) in [5, 5.41) is 0.950. The first-order chi connectivity index (χ1) is 14.0. The van der Waals surface area contributed by atoms with Crippen LogP contribution in [0.3, 0.4) is 0 Å². The van der Waals surface area contributed by atoms with Gasteiger partial charge in [0, 0.05) is 31.2 Å². The first kappa shape index (κ1) is 20.0. The van der Waals surface area contributed by atoms with E-state index in [1.165, 1.54) is 0 Å². The molecule has 5 nitrogen and oxygen atoms in total. The van der Waals surface area contributed by atoms with Gasteiger partial charge < -0.3 is 14.4 Å². The largest absolute Gasteiger partial charge is 0.497 e. The molecule has 2 aromatic rings. The second-order valence-corrected chi connectivity index (χ2v) is 8.75. The van der Waals surface area contributed by atoms with Crippen LogP contribution < -0.4 is 9.64 Å². The van der Waals surface area contributed by atoms with Gasteiger partial charge in [0.05, 0.1) is 18.4 Å². The van der Waals surface area contributed by atoms with Crippen LogP contribution in [0.4, 0.5) is 11.4 Å². The monoisotopic (exact) mass is 409 g/mol. The zero-order chi connectivity index (χ0) is 20.5. The molecule has 1 saturated heterocycles. The van der Waals surface area contributed by atoms with Crippen LogP contribution in [-0.2, 0) is 4.74 Å². The Morgan fingerprint density at radius 3 is 2.62 bits per heavy atom. The quantitative estimate of drug-likeness (QED) is 0.691. The SMILES string of the molecule is COc1cccc(N2C(SC)=NC(=Nc3ccccc3)[C@]23CCOC(C)(C)C3)c1. The summed E-state index contributed by atoms with van der Waals surface area (Å²) in [4.78, 5) is 12.4. The van der Waals surface area contributed by atoms with Gasteiger partial charge in [-0.25, -0.2) is 9.98 Å². The molecule has 1 atom stereocenters. The summed E-state index contributed by atoms with van der Waals surface area (Å²) in [6, 6.07) is 18.2. The third kappa shape index (κ3) is 3.79. The minimum Gasteiger partial charge on any atom is -0.497 e. The van der Waals surface area contributed by atoms with Gasteiger partial charge in [-0.05, 0) is 44.4 Å². The molecule has 0 saturated carbocycles. The number of amidine groups is 2. The lowest BCUT2D eigenvalue weighted by atomic mass is 9.79. The topological polar surface area (TPSA) is 46.4 Å². The maximum Gasteiger partial charge on any atom is 0.170 e. The lowest BCUT2D eigenvalue weighted by molar-refractivity contribution is -0.0663. The van der Waals surface area contributed by atoms with E-state index in [-0.39, 0.29) is 11.1 Å². The van der Waals surface area contributed by atoms with E-state index in [4.69, 9.17) is 19.5 Å². The minimum atomic E-state index is -0.359. The van der Waals surface area contributed by atoms with Crippen LogP contribution in [-0.4, -0.2) is 42.1 Å². The number of benzene rings is 2. The molecular formula is C23H27N3O2S. The van der Waals surface area contributed by atoms with E-state index < -0.39 is 0 Å². The Hall–Kier alpha value is -2.31. The summed E-state index contributed by atoms with van der Waals surface area (Å²) in [6.07, 6.45) is 3.69. The molecule has 2 aromatic carbocycles. The van der Waals surface area contributed by atoms with Gasteiger partial charge in [-0.2, -0.15) is 0 Å². The number of aliphatic imine (C=N–C) groups is 2. The van der Waals surface area contributed by atoms with Crippen molar-refractivity contribution in [2.45, 2.75) is 37.8 Å². The van der Waals surface area contributed by atoms with Gasteiger partial charge in [0.15, 0.2) is 11.0 Å². The zero-order valence-electron chi connectivity index (χ0n) is 17.4. The van der Waals surface area contributed by atoms with Gasteiger partial charge in [0.1, 0.15) is 11.3 Å². The fraction of sp³-hybridized carbons (Fsp3) is 0.391. The van der Waals surface area contributed by atoms with Crippen molar-refractivity contribution in [3.05, 3.63) is 54.6 Å². The van der Waals surface area contributed by atoms with Gasteiger partial charge in [-0.1, -0.05) is 36.0 Å². The number of thioether (sulfide) groups is 1. The average molecular weight is 410 g/mol. The van der Waals surface area contributed by atoms with Gasteiger partial charge >= 0.3 is 0 Å². The van der Waals surface area contributed by atoms with E-state index in [1.54, 1.807) is 18.9 Å². The highest BCUT2D eigenvalue weighted by atomic mass is 32.2. The Balaban J connectivity index is 1.88. The maximum absolute atomic E-state index is 6.08. The molecule has 2 aliphatic heterocycles. The van der Waals surface area contributed by atoms with Crippen LogP contribution in [0, 0.1) is 0 Å². The Morgan fingerprint density at radius 2 is 1.93 bits per heavy atom. The normalized spacial score (nSPS) is 24.8. The van der Waals surface area contributed by atoms with Gasteiger partial charge in [0.25, 0.3) is 0 Å². The number of para-hydroxylation sites is 1. The number of nitrogens with zero attached hydrogens (tertiary/aromatic N) is 3. The number of hydrogen-bond donors (Lipinski definition) is 0. The van der Waals surface area contributed by atoms with Crippen molar-refractivity contribution in [3.8, 4) is 5.75 Å². The molecule has 2 aliphatic rings. The highest BCUT2D eigenvalue weighted by Gasteiger charge is 2.54. The van der Waals surface area contributed by atoms with Crippen molar-refractivity contribution in [1.29, 1.82) is 0 Å². The number of ether oxygens (including phenoxy) is 2. The fourth-order valence-corrected chi connectivity index (χ4v) is 4.89. The molecule has 1 spiro atoms. The second-order valence-electron chi connectivity index (χ2n) is 7.97. The molecule has 0 aromatic heterocycles. The van der Waals surface area contributed by atoms with E-state index in [0.29, 0.717) is 6.61 Å². The van der Waals surface area contributed by atoms with Crippen molar-refractivity contribution < 1.29 is 9.47 Å². The smallest absolute Gasteiger partial charge is 0.170 e. The Morgan fingerprint density at radius 1 is 1.14 bits per heavy atom. The molecule has 1 fully saturated rings. The van der Waals surface area contributed by atoms with Gasteiger partial charge in [-0.3, -0.25) is 0 Å². The summed E-state index contributed by atoms with van der Waals surface area (Å²) < 4.78 is 11.6. The summed E-state index contributed by atoms with van der Waals surface area (Å²) in [7, 11) is 1.70. The van der Waals surface area contributed by atoms with Crippen molar-refractivity contribution in [1.82, 2.24) is 0 Å². The molecule has 0 bridgehead atoms. The van der Waals surface area contributed by atoms with Crippen molar-refractivity contribution in [2.75, 3.05) is 24.9 Å². The number of hydrogen-bond acceptors (Lipinski definition) is 5. The van der Waals surface area contributed by atoms with Crippen molar-refractivity contribution >= 4 is 34.1 Å². The van der Waals surface area contributed by atoms with E-state index >= 15 is 0 Å². The number of anilines is 1. The first-order valence-corrected chi connectivity index (χ1v) is 11.1. The van der Waals surface area contributed by atoms with E-state index in [9.17, 15) is 0 Å². The molecule has 6 heteroatoms. The molecular weight excluding hydrogens is 382 g/mol. The Kier molecular flexibility index (Phi) is 5.40. The molecule has 0 unspecified atom stereocenters. The summed E-state index contributed by atoms with van der Waals surface area (Å²) in [5.74, 6) is 1.69. The lowest BCUT2D eigenvalue weighted by Crippen LogP contribution is -2.59. The molecule has 0 N–H and O–H groups in total. The first-order valence-electron chi connectivity index (χ1n) is 9.83. The number of methoxy groups -OCH3 is 1. The zero-order valence-corrected chi connectivity index (χ0v) is 18.2. The highest BCUT2D eigenvalue weighted by Crippen LogP contribution is 2.46. The average Bonchev–Trinajstić information content (AvgIpc) is 3.00. The summed E-state index contributed by atoms with van der Waals surface area (Å²) >= 11 is 1.64. The van der Waals surface area contributed by atoms with Crippen LogP contribution >= 0.6 is 11.8 Å². The molecule has 0 amide bonds. The fourth-order valence-electron chi connectivity index (χ4n) is 4.25. The Labute approximate surface area is 176 Å². The van der Waals surface area contributed by atoms with Crippen molar-refractivity contribution in [3.63, 3.8) is 0 Å². The predicted octanol–water partition coefficient (Wildman–Crippen LogP) is 5.29. The molecule has 152 valence electrons. The third-order valence-electron chi connectivity index (χ3n) is 5.45. The van der Waals surface area contributed by atoms with Crippen LogP contribution in [0.15, 0.2) is 64.6 Å². The van der Waals surface area contributed by atoms with Crippen LogP contribution in [0.2, 0.25) is 0 Å². The van der Waals surface area contributed by atoms with Crippen LogP contribution in [0.1, 0.15) is 26.7 Å². The third-order valence-corrected chi connectivity index (χ3v) is 6.09. The Bertz CT molecular complexity index is 942. The molecule has 2 heterocycles. The van der Waals surface area contributed by atoms with Crippen LogP contribution in [0.25, 0.3) is 0 Å². The molecule has 0 aliphatic carbocycles. The summed E-state index contributed by atoms with van der Waals surface area (Å²) in [6.45, 7) is 4.96. The lowest BCUT2D eigenvalue weighted by Gasteiger charge is -2.47. The number of rotatable bonds is 3. The second kappa shape index (κ2) is 7.84. The molecule has 29 heavy (non-hydrogen) atoms. The van der Waals surface area contributed by atoms with Crippen molar-refractivity contribution in [2.24, 2.45) is 9.98 Å². The maximum atomic E-state index is 6.08.